The second kappa shape index (κ2) is 8.65. The van der Waals surface area contributed by atoms with Crippen molar-refractivity contribution in [2.75, 3.05) is 6.54 Å². The van der Waals surface area contributed by atoms with E-state index in [0.717, 1.165) is 32.1 Å². The van der Waals surface area contributed by atoms with Crippen molar-refractivity contribution in [3.8, 4) is 0 Å². The van der Waals surface area contributed by atoms with Crippen molar-refractivity contribution in [1.29, 1.82) is 0 Å². The highest BCUT2D eigenvalue weighted by Gasteiger charge is 2.32. The van der Waals surface area contributed by atoms with Crippen LogP contribution in [0.15, 0.2) is 0 Å². The number of hydroxylamine groups is 4. The molecule has 0 fully saturated rings. The lowest BCUT2D eigenvalue weighted by Gasteiger charge is -2.29. The van der Waals surface area contributed by atoms with Crippen LogP contribution in [-0.2, 0) is 0 Å². The molecule has 88 valence electrons. The number of hydrogen-bond donors (Lipinski definition) is 2. The minimum absolute atomic E-state index is 0. The zero-order chi connectivity index (χ0) is 10.3. The first-order chi connectivity index (χ1) is 6.08. The molecule has 0 aromatic rings. The van der Waals surface area contributed by atoms with Gasteiger partial charge in [0.2, 0.25) is 0 Å². The van der Waals surface area contributed by atoms with Gasteiger partial charge in [0.05, 0.1) is 0 Å². The van der Waals surface area contributed by atoms with E-state index in [4.69, 9.17) is 0 Å². The molecule has 1 unspecified atom stereocenters. The van der Waals surface area contributed by atoms with Gasteiger partial charge in [-0.3, -0.25) is 0 Å². The van der Waals surface area contributed by atoms with Gasteiger partial charge in [-0.05, 0) is 4.81 Å². The van der Waals surface area contributed by atoms with Gasteiger partial charge in [-0.2, -0.15) is 10.4 Å². The Labute approximate surface area is 98.0 Å². The van der Waals surface area contributed by atoms with E-state index in [0.29, 0.717) is 6.54 Å². The molecule has 0 amide bonds. The van der Waals surface area contributed by atoms with Crippen LogP contribution in [0.3, 0.4) is 0 Å². The summed E-state index contributed by atoms with van der Waals surface area (Å²) in [5.41, 5.74) is 0. The molecule has 2 N–H and O–H groups in total. The average Bonchev–Trinajstić information content (AvgIpc) is 2.10. The minimum atomic E-state index is -0.780. The number of rotatable bonds is 7. The maximum Gasteiger partial charge on any atom is 0.151 e. The van der Waals surface area contributed by atoms with E-state index >= 15 is 0 Å². The molecule has 0 saturated heterocycles. The van der Waals surface area contributed by atoms with Crippen molar-refractivity contribution in [2.24, 2.45) is 0 Å². The Hall–Kier alpha value is 0.360. The van der Waals surface area contributed by atoms with Crippen LogP contribution in [0.4, 0.5) is 0 Å². The van der Waals surface area contributed by atoms with Crippen molar-refractivity contribution < 1.29 is 32.2 Å². The second-order valence-electron chi connectivity index (χ2n) is 3.71. The van der Waals surface area contributed by atoms with Gasteiger partial charge >= 0.3 is 0 Å². The Balaban J connectivity index is 0. The number of unbranched alkanes of at least 4 members (excludes halogenated alkanes) is 1. The highest BCUT2D eigenvalue weighted by atomic mass is 79.9. The van der Waals surface area contributed by atoms with Gasteiger partial charge < -0.3 is 17.0 Å². The maximum absolute atomic E-state index is 9.73. The van der Waals surface area contributed by atoms with Crippen molar-refractivity contribution in [1.82, 2.24) is 0 Å². The van der Waals surface area contributed by atoms with Crippen molar-refractivity contribution >= 4 is 0 Å². The molecular weight excluding hydrogens is 246 g/mol. The third kappa shape index (κ3) is 5.96. The molecule has 0 aromatic carbocycles. The predicted molar refractivity (Wildman–Crippen MR) is 52.6 cm³/mol. The number of quaternary nitrogens is 1. The molecule has 0 heterocycles. The summed E-state index contributed by atoms with van der Waals surface area (Å²) < 4.78 is 0. The topological polar surface area (TPSA) is 40.5 Å². The molecule has 0 rings (SSSR count). The van der Waals surface area contributed by atoms with E-state index in [-0.39, 0.29) is 23.0 Å². The molecule has 1 atom stereocenters. The summed E-state index contributed by atoms with van der Waals surface area (Å²) in [5, 5.41) is 19.5. The van der Waals surface area contributed by atoms with E-state index < -0.39 is 4.81 Å². The van der Waals surface area contributed by atoms with Crippen LogP contribution in [0.2, 0.25) is 0 Å². The lowest BCUT2D eigenvalue weighted by atomic mass is 10.1. The predicted octanol–water partition coefficient (Wildman–Crippen LogP) is -0.0356. The number of nitrogens with zero attached hydrogens (tertiary/aromatic N) is 1. The molecule has 0 aromatic heterocycles. The van der Waals surface area contributed by atoms with Gasteiger partial charge in [-0.15, -0.1) is 0 Å². The largest absolute Gasteiger partial charge is 1.00 e. The quantitative estimate of drug-likeness (QED) is 0.503. The fourth-order valence-corrected chi connectivity index (χ4v) is 1.61. The van der Waals surface area contributed by atoms with Crippen LogP contribution < -0.4 is 17.0 Å². The summed E-state index contributed by atoms with van der Waals surface area (Å²) in [6.07, 6.45) is 4.58. The van der Waals surface area contributed by atoms with Crippen molar-refractivity contribution in [3.63, 3.8) is 0 Å². The molecule has 0 bridgehead atoms. The van der Waals surface area contributed by atoms with Crippen LogP contribution in [0, 0.1) is 0 Å². The molecule has 14 heavy (non-hydrogen) atoms. The Kier molecular flexibility index (Phi) is 10.4. The maximum atomic E-state index is 9.73. The SMILES string of the molecule is CCCC[N+](O)(O)C(CC)CCC.[Br-]. The number of halogens is 1. The Morgan fingerprint density at radius 2 is 1.64 bits per heavy atom. The van der Waals surface area contributed by atoms with Gasteiger partial charge in [0.1, 0.15) is 6.54 Å². The summed E-state index contributed by atoms with van der Waals surface area (Å²) >= 11 is 0. The number of hydrogen-bond acceptors (Lipinski definition) is 2. The minimum Gasteiger partial charge on any atom is -1.00 e. The normalized spacial score (nSPS) is 13.5. The van der Waals surface area contributed by atoms with Crippen LogP contribution in [0.25, 0.3) is 0 Å². The fraction of sp³-hybridized carbons (Fsp3) is 1.00. The molecule has 0 saturated carbocycles. The van der Waals surface area contributed by atoms with Gasteiger partial charge in [0.15, 0.2) is 6.04 Å². The summed E-state index contributed by atoms with van der Waals surface area (Å²) in [5.74, 6) is 0. The third-order valence-corrected chi connectivity index (χ3v) is 2.52. The average molecular weight is 270 g/mol. The van der Waals surface area contributed by atoms with Crippen molar-refractivity contribution in [2.45, 2.75) is 58.9 Å². The second-order valence-corrected chi connectivity index (χ2v) is 3.71. The summed E-state index contributed by atoms with van der Waals surface area (Å²) in [4.78, 5) is -0.780. The van der Waals surface area contributed by atoms with Gasteiger partial charge in [0.25, 0.3) is 0 Å². The molecular formula is C10H24BrNO2. The van der Waals surface area contributed by atoms with E-state index in [1.165, 1.54) is 0 Å². The molecule has 0 spiro atoms. The van der Waals surface area contributed by atoms with E-state index in [9.17, 15) is 10.4 Å². The summed E-state index contributed by atoms with van der Waals surface area (Å²) in [6.45, 7) is 6.59. The highest BCUT2D eigenvalue weighted by Crippen LogP contribution is 2.16. The summed E-state index contributed by atoms with van der Waals surface area (Å²) in [7, 11) is 0. The molecule has 0 aliphatic heterocycles. The molecule has 0 aliphatic rings. The lowest BCUT2D eigenvalue weighted by molar-refractivity contribution is -1.26. The first kappa shape index (κ1) is 16.8. The van der Waals surface area contributed by atoms with E-state index in [1.54, 1.807) is 0 Å². The molecule has 4 heteroatoms. The monoisotopic (exact) mass is 269 g/mol. The molecule has 3 nitrogen and oxygen atoms in total. The third-order valence-electron chi connectivity index (χ3n) is 2.52. The van der Waals surface area contributed by atoms with Crippen LogP contribution >= 0.6 is 0 Å². The van der Waals surface area contributed by atoms with Crippen molar-refractivity contribution in [3.05, 3.63) is 0 Å². The fourth-order valence-electron chi connectivity index (χ4n) is 1.61. The van der Waals surface area contributed by atoms with Crippen LogP contribution in [0.5, 0.6) is 0 Å². The Morgan fingerprint density at radius 3 is 2.00 bits per heavy atom. The first-order valence-electron chi connectivity index (χ1n) is 5.41. The zero-order valence-corrected chi connectivity index (χ0v) is 11.1. The van der Waals surface area contributed by atoms with E-state index in [2.05, 4.69) is 13.8 Å². The van der Waals surface area contributed by atoms with Gasteiger partial charge in [-0.25, -0.2) is 0 Å². The Bertz CT molecular complexity index is 131. The standard InChI is InChI=1S/C10H24NO2.BrH/c1-4-7-9-11(12,13)10(6-3)8-5-2;/h10,12-13H,4-9H2,1-3H3;1H/q+1;/p-1. The Morgan fingerprint density at radius 1 is 1.07 bits per heavy atom. The smallest absolute Gasteiger partial charge is 0.151 e. The molecule has 0 aliphatic carbocycles. The van der Waals surface area contributed by atoms with Gasteiger partial charge in [-0.1, -0.05) is 33.6 Å². The van der Waals surface area contributed by atoms with Crippen LogP contribution in [0.1, 0.15) is 52.9 Å². The zero-order valence-electron chi connectivity index (χ0n) is 9.54. The summed E-state index contributed by atoms with van der Waals surface area (Å²) in [6, 6.07) is -0.0171. The first-order valence-corrected chi connectivity index (χ1v) is 5.41. The highest BCUT2D eigenvalue weighted by molar-refractivity contribution is 4.51. The lowest BCUT2D eigenvalue weighted by Crippen LogP contribution is -3.00. The van der Waals surface area contributed by atoms with E-state index in [1.807, 2.05) is 6.92 Å². The molecule has 0 radical (unpaired) electrons. The van der Waals surface area contributed by atoms with Gasteiger partial charge in [0, 0.05) is 19.3 Å². The van der Waals surface area contributed by atoms with Crippen LogP contribution in [-0.4, -0.2) is 27.8 Å².